The zero-order valence-electron chi connectivity index (χ0n) is 15.4. The first-order chi connectivity index (χ1) is 12.6. The number of nitrogens with one attached hydrogen (secondary N) is 2. The van der Waals surface area contributed by atoms with Crippen LogP contribution < -0.4 is 10.2 Å². The summed E-state index contributed by atoms with van der Waals surface area (Å²) in [5.74, 6) is 3.09. The molecule has 0 amide bonds. The molecule has 2 aromatic rings. The number of aromatic nitrogens is 4. The minimum atomic E-state index is 0.288. The SMILES string of the molecule is CC(C)OCC12CC(C1)N(c1nccc(Nc3cc(C4CC4)[nH]n3)n1)C2. The summed E-state index contributed by atoms with van der Waals surface area (Å²) < 4.78 is 5.89. The van der Waals surface area contributed by atoms with Crippen LogP contribution in [0.3, 0.4) is 0 Å². The molecule has 2 saturated carbocycles. The van der Waals surface area contributed by atoms with Gasteiger partial charge < -0.3 is 15.0 Å². The number of nitrogens with zero attached hydrogens (tertiary/aromatic N) is 4. The van der Waals surface area contributed by atoms with Crippen molar-refractivity contribution in [2.24, 2.45) is 5.41 Å². The Bertz CT molecular complexity index is 793. The first-order valence-electron chi connectivity index (χ1n) is 9.64. The second kappa shape index (κ2) is 5.94. The molecule has 138 valence electrons. The van der Waals surface area contributed by atoms with Gasteiger partial charge in [-0.25, -0.2) is 4.98 Å². The number of aromatic amines is 1. The number of H-pyrrole nitrogens is 1. The Morgan fingerprint density at radius 3 is 2.96 bits per heavy atom. The van der Waals surface area contributed by atoms with Crippen LogP contribution in [0.1, 0.15) is 51.1 Å². The predicted octanol–water partition coefficient (Wildman–Crippen LogP) is 3.21. The summed E-state index contributed by atoms with van der Waals surface area (Å²) in [5.41, 5.74) is 1.51. The monoisotopic (exact) mass is 354 g/mol. The summed E-state index contributed by atoms with van der Waals surface area (Å²) in [6.45, 7) is 6.03. The van der Waals surface area contributed by atoms with E-state index in [1.165, 1.54) is 31.4 Å². The minimum absolute atomic E-state index is 0.288. The van der Waals surface area contributed by atoms with Crippen LogP contribution >= 0.6 is 0 Å². The molecule has 2 saturated heterocycles. The van der Waals surface area contributed by atoms with E-state index in [9.17, 15) is 0 Å². The highest BCUT2D eigenvalue weighted by molar-refractivity contribution is 5.54. The summed E-state index contributed by atoms with van der Waals surface area (Å²) >= 11 is 0. The average Bonchev–Trinajstić information content (AvgIpc) is 3.08. The number of hydrogen-bond acceptors (Lipinski definition) is 6. The van der Waals surface area contributed by atoms with E-state index in [1.54, 1.807) is 0 Å². The van der Waals surface area contributed by atoms with Gasteiger partial charge in [0.2, 0.25) is 5.95 Å². The van der Waals surface area contributed by atoms with Gasteiger partial charge in [-0.2, -0.15) is 10.1 Å². The number of ether oxygens (including phenoxy) is 1. The molecular weight excluding hydrogens is 328 g/mol. The van der Waals surface area contributed by atoms with E-state index in [4.69, 9.17) is 9.72 Å². The molecule has 2 N–H and O–H groups in total. The van der Waals surface area contributed by atoms with Gasteiger partial charge in [0, 0.05) is 41.9 Å². The van der Waals surface area contributed by atoms with Gasteiger partial charge in [-0.15, -0.1) is 0 Å². The zero-order chi connectivity index (χ0) is 17.7. The molecule has 2 aliphatic heterocycles. The van der Waals surface area contributed by atoms with Gasteiger partial charge in [-0.3, -0.25) is 5.10 Å². The molecule has 6 rings (SSSR count). The highest BCUT2D eigenvalue weighted by atomic mass is 16.5. The zero-order valence-corrected chi connectivity index (χ0v) is 15.4. The highest BCUT2D eigenvalue weighted by Crippen LogP contribution is 2.52. The van der Waals surface area contributed by atoms with Crippen LogP contribution in [0.15, 0.2) is 18.3 Å². The van der Waals surface area contributed by atoms with E-state index in [0.717, 1.165) is 30.7 Å². The average molecular weight is 354 g/mol. The lowest BCUT2D eigenvalue weighted by Gasteiger charge is -2.36. The van der Waals surface area contributed by atoms with Gasteiger partial charge in [-0.05, 0) is 45.6 Å². The van der Waals surface area contributed by atoms with Crippen LogP contribution in [0.4, 0.5) is 17.6 Å². The molecule has 0 atom stereocenters. The third-order valence-electron chi connectivity index (χ3n) is 5.78. The van der Waals surface area contributed by atoms with Gasteiger partial charge in [0.1, 0.15) is 5.82 Å². The molecule has 7 nitrogen and oxygen atoms in total. The smallest absolute Gasteiger partial charge is 0.227 e. The van der Waals surface area contributed by atoms with Crippen molar-refractivity contribution in [1.82, 2.24) is 20.2 Å². The number of anilines is 3. The molecule has 2 aromatic heterocycles. The Kier molecular flexibility index (Phi) is 3.67. The lowest BCUT2D eigenvalue weighted by atomic mass is 9.71. The molecule has 0 aromatic carbocycles. The van der Waals surface area contributed by atoms with Gasteiger partial charge in [-0.1, -0.05) is 0 Å². The lowest BCUT2D eigenvalue weighted by molar-refractivity contribution is -0.00928. The van der Waals surface area contributed by atoms with Gasteiger partial charge in [0.25, 0.3) is 0 Å². The summed E-state index contributed by atoms with van der Waals surface area (Å²) in [5, 5.41) is 10.8. The molecule has 7 heteroatoms. The van der Waals surface area contributed by atoms with Gasteiger partial charge >= 0.3 is 0 Å². The second-order valence-electron chi connectivity index (χ2n) is 8.40. The highest BCUT2D eigenvalue weighted by Gasteiger charge is 2.56. The molecule has 4 heterocycles. The largest absolute Gasteiger partial charge is 0.378 e. The van der Waals surface area contributed by atoms with Crippen molar-refractivity contribution < 1.29 is 4.74 Å². The Morgan fingerprint density at radius 2 is 2.19 bits per heavy atom. The molecule has 2 bridgehead atoms. The summed E-state index contributed by atoms with van der Waals surface area (Å²) in [6, 6.07) is 4.53. The number of rotatable bonds is 7. The van der Waals surface area contributed by atoms with Crippen molar-refractivity contribution in [1.29, 1.82) is 0 Å². The number of hydrogen-bond donors (Lipinski definition) is 2. The first-order valence-corrected chi connectivity index (χ1v) is 9.64. The Morgan fingerprint density at radius 1 is 1.35 bits per heavy atom. The van der Waals surface area contributed by atoms with Crippen molar-refractivity contribution in [3.05, 3.63) is 24.0 Å². The fourth-order valence-electron chi connectivity index (χ4n) is 4.21. The molecular formula is C19H26N6O. The maximum Gasteiger partial charge on any atom is 0.227 e. The van der Waals surface area contributed by atoms with Crippen LogP contribution in [0, 0.1) is 5.41 Å². The Labute approximate surface area is 153 Å². The summed E-state index contributed by atoms with van der Waals surface area (Å²) in [4.78, 5) is 11.6. The van der Waals surface area contributed by atoms with Gasteiger partial charge in [0.15, 0.2) is 5.82 Å². The molecule has 0 radical (unpaired) electrons. The van der Waals surface area contributed by atoms with Crippen LogP contribution in [-0.4, -0.2) is 45.5 Å². The molecule has 0 unspecified atom stereocenters. The van der Waals surface area contributed by atoms with Crippen LogP contribution in [-0.2, 0) is 4.74 Å². The quantitative estimate of drug-likeness (QED) is 0.795. The molecule has 0 spiro atoms. The lowest BCUT2D eigenvalue weighted by Crippen LogP contribution is -2.38. The van der Waals surface area contributed by atoms with Crippen molar-refractivity contribution in [2.45, 2.75) is 57.6 Å². The van der Waals surface area contributed by atoms with E-state index in [1.807, 2.05) is 12.3 Å². The maximum atomic E-state index is 5.89. The van der Waals surface area contributed by atoms with Gasteiger partial charge in [0.05, 0.1) is 12.7 Å². The topological polar surface area (TPSA) is 79.0 Å². The van der Waals surface area contributed by atoms with Crippen LogP contribution in [0.2, 0.25) is 0 Å². The Hall–Kier alpha value is -2.15. The fraction of sp³-hybridized carbons (Fsp3) is 0.632. The van der Waals surface area contributed by atoms with Crippen molar-refractivity contribution >= 4 is 17.6 Å². The van der Waals surface area contributed by atoms with E-state index in [-0.39, 0.29) is 6.10 Å². The summed E-state index contributed by atoms with van der Waals surface area (Å²) in [6.07, 6.45) is 7.01. The van der Waals surface area contributed by atoms with Crippen LogP contribution in [0.5, 0.6) is 0 Å². The van der Waals surface area contributed by atoms with Crippen LogP contribution in [0.25, 0.3) is 0 Å². The minimum Gasteiger partial charge on any atom is -0.378 e. The third kappa shape index (κ3) is 2.94. The summed E-state index contributed by atoms with van der Waals surface area (Å²) in [7, 11) is 0. The predicted molar refractivity (Wildman–Crippen MR) is 99.8 cm³/mol. The van der Waals surface area contributed by atoms with Crippen molar-refractivity contribution in [3.8, 4) is 0 Å². The standard InChI is InChI=1S/C19H26N6O/c1-12(2)26-11-19-8-14(9-19)25(10-19)18-20-6-5-16(22-18)21-17-7-15(23-24-17)13-3-4-13/h5-7,12-14H,3-4,8-11H2,1-2H3,(H2,20,21,22,23,24). The molecule has 2 aliphatic carbocycles. The second-order valence-corrected chi connectivity index (χ2v) is 8.40. The van der Waals surface area contributed by atoms with Crippen molar-refractivity contribution in [3.63, 3.8) is 0 Å². The molecule has 4 fully saturated rings. The Balaban J connectivity index is 1.27. The van der Waals surface area contributed by atoms with Crippen molar-refractivity contribution in [2.75, 3.05) is 23.4 Å². The molecule has 4 aliphatic rings. The number of fused-ring (bicyclic) bond motifs is 1. The fourth-order valence-corrected chi connectivity index (χ4v) is 4.21. The normalized spacial score (nSPS) is 27.0. The third-order valence-corrected chi connectivity index (χ3v) is 5.78. The van der Waals surface area contributed by atoms with E-state index >= 15 is 0 Å². The van der Waals surface area contributed by atoms with E-state index in [2.05, 4.69) is 45.3 Å². The van der Waals surface area contributed by atoms with E-state index in [0.29, 0.717) is 17.4 Å². The van der Waals surface area contributed by atoms with E-state index < -0.39 is 0 Å². The maximum absolute atomic E-state index is 5.89. The molecule has 26 heavy (non-hydrogen) atoms. The first kappa shape index (κ1) is 16.1.